The Morgan fingerprint density at radius 3 is 2.64 bits per heavy atom. The number of hydrogen-bond donors (Lipinski definition) is 3. The van der Waals surface area contributed by atoms with Gasteiger partial charge in [-0.05, 0) is 44.7 Å². The van der Waals surface area contributed by atoms with Crippen LogP contribution < -0.4 is 16.4 Å². The number of aryl methyl sites for hydroxylation is 1. The molecule has 1 aliphatic carbocycles. The van der Waals surface area contributed by atoms with Crippen molar-refractivity contribution < 1.29 is 0 Å². The fourth-order valence-electron chi connectivity index (χ4n) is 3.34. The summed E-state index contributed by atoms with van der Waals surface area (Å²) in [6, 6.07) is 11.2. The molecule has 6 nitrogen and oxygen atoms in total. The van der Waals surface area contributed by atoms with E-state index >= 15 is 0 Å². The minimum absolute atomic E-state index is 0.348. The van der Waals surface area contributed by atoms with Crippen molar-refractivity contribution in [3.05, 3.63) is 48.3 Å². The second-order valence-electron chi connectivity index (χ2n) is 6.89. The van der Waals surface area contributed by atoms with E-state index in [1.807, 2.05) is 16.8 Å². The molecule has 130 valence electrons. The van der Waals surface area contributed by atoms with Crippen LogP contribution in [0.3, 0.4) is 0 Å². The van der Waals surface area contributed by atoms with E-state index in [1.165, 1.54) is 5.56 Å². The van der Waals surface area contributed by atoms with Crippen molar-refractivity contribution in [2.45, 2.75) is 44.7 Å². The number of nitrogens with two attached hydrogens (primary N) is 1. The summed E-state index contributed by atoms with van der Waals surface area (Å²) in [4.78, 5) is 4.42. The van der Waals surface area contributed by atoms with Gasteiger partial charge in [-0.1, -0.05) is 17.7 Å². The van der Waals surface area contributed by atoms with Gasteiger partial charge in [-0.15, -0.1) is 5.10 Å². The highest BCUT2D eigenvalue weighted by molar-refractivity contribution is 5.75. The maximum Gasteiger partial charge on any atom is 0.177 e. The third-order valence-corrected chi connectivity index (χ3v) is 4.81. The molecule has 4 rings (SSSR count). The molecule has 0 amide bonds. The zero-order valence-corrected chi connectivity index (χ0v) is 14.4. The summed E-state index contributed by atoms with van der Waals surface area (Å²) < 4.78 is 1.81. The molecule has 0 bridgehead atoms. The van der Waals surface area contributed by atoms with Gasteiger partial charge in [-0.25, -0.2) is 9.50 Å². The second kappa shape index (κ2) is 6.72. The van der Waals surface area contributed by atoms with Crippen LogP contribution >= 0.6 is 0 Å². The normalized spacial score (nSPS) is 20.6. The Morgan fingerprint density at radius 2 is 1.88 bits per heavy atom. The molecule has 0 atom stereocenters. The standard InChI is InChI=1S/C19H24N6/c1-13-2-6-15(7-3-13)22-17-12-18(24-25-11-10-21-19(17)25)23-16-8-4-14(20)5-9-16/h2-3,6-7,10-12,14,16,22H,4-5,8-9,20H2,1H3,(H,23,24). The molecule has 1 saturated carbocycles. The molecule has 0 saturated heterocycles. The van der Waals surface area contributed by atoms with Crippen LogP contribution in [0.1, 0.15) is 31.2 Å². The van der Waals surface area contributed by atoms with E-state index in [2.05, 4.69) is 51.9 Å². The maximum absolute atomic E-state index is 6.01. The Labute approximate surface area is 147 Å². The van der Waals surface area contributed by atoms with E-state index in [0.29, 0.717) is 12.1 Å². The molecule has 4 N–H and O–H groups in total. The first-order chi connectivity index (χ1) is 12.2. The fourth-order valence-corrected chi connectivity index (χ4v) is 3.34. The van der Waals surface area contributed by atoms with E-state index in [0.717, 1.165) is 48.5 Å². The van der Waals surface area contributed by atoms with Crippen LogP contribution in [0.2, 0.25) is 0 Å². The third-order valence-electron chi connectivity index (χ3n) is 4.81. The quantitative estimate of drug-likeness (QED) is 0.680. The lowest BCUT2D eigenvalue weighted by atomic mass is 9.92. The molecule has 0 radical (unpaired) electrons. The molecule has 1 aromatic carbocycles. The van der Waals surface area contributed by atoms with Crippen molar-refractivity contribution in [2.75, 3.05) is 10.6 Å². The molecule has 25 heavy (non-hydrogen) atoms. The summed E-state index contributed by atoms with van der Waals surface area (Å²) in [6.45, 7) is 2.08. The van der Waals surface area contributed by atoms with Gasteiger partial charge in [0, 0.05) is 36.2 Å². The van der Waals surface area contributed by atoms with Gasteiger partial charge in [0.2, 0.25) is 0 Å². The number of imidazole rings is 1. The maximum atomic E-state index is 6.01. The number of nitrogens with zero attached hydrogens (tertiary/aromatic N) is 3. The van der Waals surface area contributed by atoms with Crippen LogP contribution in [0, 0.1) is 6.92 Å². The van der Waals surface area contributed by atoms with Gasteiger partial charge in [0.1, 0.15) is 5.82 Å². The van der Waals surface area contributed by atoms with Crippen LogP contribution in [0.25, 0.3) is 5.65 Å². The Hall–Kier alpha value is -2.60. The van der Waals surface area contributed by atoms with Crippen LogP contribution in [0.15, 0.2) is 42.7 Å². The van der Waals surface area contributed by atoms with Crippen LogP contribution in [0.4, 0.5) is 17.2 Å². The summed E-state index contributed by atoms with van der Waals surface area (Å²) >= 11 is 0. The first-order valence-electron chi connectivity index (χ1n) is 8.87. The Bertz CT molecular complexity index is 846. The summed E-state index contributed by atoms with van der Waals surface area (Å²) in [5.41, 5.74) is 10.0. The Kier molecular flexibility index (Phi) is 4.28. The second-order valence-corrected chi connectivity index (χ2v) is 6.89. The summed E-state index contributed by atoms with van der Waals surface area (Å²) in [7, 11) is 0. The molecule has 0 aliphatic heterocycles. The smallest absolute Gasteiger partial charge is 0.177 e. The van der Waals surface area contributed by atoms with Crippen LogP contribution in [-0.4, -0.2) is 26.7 Å². The molecule has 0 spiro atoms. The van der Waals surface area contributed by atoms with Crippen molar-refractivity contribution in [3.8, 4) is 0 Å². The largest absolute Gasteiger partial charge is 0.366 e. The van der Waals surface area contributed by atoms with Crippen molar-refractivity contribution in [1.29, 1.82) is 0 Å². The van der Waals surface area contributed by atoms with E-state index in [1.54, 1.807) is 6.20 Å². The van der Waals surface area contributed by atoms with Crippen molar-refractivity contribution >= 4 is 22.8 Å². The van der Waals surface area contributed by atoms with Crippen LogP contribution in [-0.2, 0) is 0 Å². The highest BCUT2D eigenvalue weighted by atomic mass is 15.3. The van der Waals surface area contributed by atoms with Crippen molar-refractivity contribution in [3.63, 3.8) is 0 Å². The average Bonchev–Trinajstić information content (AvgIpc) is 3.08. The zero-order chi connectivity index (χ0) is 17.2. The highest BCUT2D eigenvalue weighted by Gasteiger charge is 2.19. The topological polar surface area (TPSA) is 80.3 Å². The molecule has 3 aromatic rings. The molecule has 0 unspecified atom stereocenters. The monoisotopic (exact) mass is 336 g/mol. The van der Waals surface area contributed by atoms with Gasteiger partial charge >= 0.3 is 0 Å². The molecular formula is C19H24N6. The summed E-state index contributed by atoms with van der Waals surface area (Å²) in [6.07, 6.45) is 7.96. The Morgan fingerprint density at radius 1 is 1.12 bits per heavy atom. The van der Waals surface area contributed by atoms with Gasteiger partial charge in [0.15, 0.2) is 5.65 Å². The minimum Gasteiger partial charge on any atom is -0.366 e. The van der Waals surface area contributed by atoms with Crippen molar-refractivity contribution in [1.82, 2.24) is 14.6 Å². The van der Waals surface area contributed by atoms with E-state index in [4.69, 9.17) is 5.73 Å². The lowest BCUT2D eigenvalue weighted by Crippen LogP contribution is -2.33. The highest BCUT2D eigenvalue weighted by Crippen LogP contribution is 2.26. The van der Waals surface area contributed by atoms with E-state index in [-0.39, 0.29) is 0 Å². The average molecular weight is 336 g/mol. The lowest BCUT2D eigenvalue weighted by Gasteiger charge is -2.27. The number of benzene rings is 1. The van der Waals surface area contributed by atoms with Gasteiger partial charge in [-0.3, -0.25) is 0 Å². The van der Waals surface area contributed by atoms with Gasteiger partial charge in [0.05, 0.1) is 5.69 Å². The molecule has 1 fully saturated rings. The van der Waals surface area contributed by atoms with Gasteiger partial charge in [0.25, 0.3) is 0 Å². The predicted molar refractivity (Wildman–Crippen MR) is 101 cm³/mol. The van der Waals surface area contributed by atoms with Gasteiger partial charge < -0.3 is 16.4 Å². The minimum atomic E-state index is 0.348. The molecule has 2 heterocycles. The van der Waals surface area contributed by atoms with E-state index < -0.39 is 0 Å². The number of anilines is 3. The third kappa shape index (κ3) is 3.58. The number of hydrogen-bond acceptors (Lipinski definition) is 5. The summed E-state index contributed by atoms with van der Waals surface area (Å²) in [5, 5.41) is 11.7. The van der Waals surface area contributed by atoms with Gasteiger partial charge in [-0.2, -0.15) is 0 Å². The summed E-state index contributed by atoms with van der Waals surface area (Å²) in [5.74, 6) is 0.862. The lowest BCUT2D eigenvalue weighted by molar-refractivity contribution is 0.410. The first-order valence-corrected chi connectivity index (χ1v) is 8.87. The number of nitrogens with one attached hydrogen (secondary N) is 2. The van der Waals surface area contributed by atoms with E-state index in [9.17, 15) is 0 Å². The number of aromatic nitrogens is 3. The fraction of sp³-hybridized carbons (Fsp3) is 0.368. The molecular weight excluding hydrogens is 312 g/mol. The van der Waals surface area contributed by atoms with Crippen molar-refractivity contribution in [2.24, 2.45) is 5.73 Å². The Balaban J connectivity index is 1.59. The molecule has 2 aromatic heterocycles. The number of rotatable bonds is 4. The SMILES string of the molecule is Cc1ccc(Nc2cc(NC3CCC(N)CC3)nn3ccnc23)cc1. The van der Waals surface area contributed by atoms with Crippen LogP contribution in [0.5, 0.6) is 0 Å². The molecule has 1 aliphatic rings. The predicted octanol–water partition coefficient (Wildman–Crippen LogP) is 3.46. The number of fused-ring (bicyclic) bond motifs is 1. The first kappa shape index (κ1) is 15.9. The zero-order valence-electron chi connectivity index (χ0n) is 14.4. The molecule has 6 heteroatoms.